The largest absolute Gasteiger partial charge is 0.464 e. The monoisotopic (exact) mass is 323 g/mol. The smallest absolute Gasteiger partial charge is 0.338 e. The lowest BCUT2D eigenvalue weighted by Gasteiger charge is -2.29. The first-order valence-corrected chi connectivity index (χ1v) is 8.01. The number of para-hydroxylation sites is 1. The van der Waals surface area contributed by atoms with Crippen LogP contribution in [0.3, 0.4) is 0 Å². The van der Waals surface area contributed by atoms with Crippen molar-refractivity contribution in [1.82, 2.24) is 0 Å². The molecule has 0 spiro atoms. The average Bonchev–Trinajstić information content (AvgIpc) is 3.13. The number of hydrogen-bond donors (Lipinski definition) is 0. The van der Waals surface area contributed by atoms with E-state index in [4.69, 9.17) is 9.57 Å². The number of esters is 1. The molecule has 0 amide bonds. The Kier molecular flexibility index (Phi) is 3.39. The SMILES string of the molecule is CCOC(=O)C1C[C@]2(c3ccccc3)C(=O)c3ccccc3N2O1. The minimum atomic E-state index is -1.01. The normalized spacial score (nSPS) is 24.6. The van der Waals surface area contributed by atoms with Crippen LogP contribution in [0.15, 0.2) is 54.6 Å². The molecule has 0 radical (unpaired) electrons. The van der Waals surface area contributed by atoms with Crippen LogP contribution in [-0.4, -0.2) is 24.5 Å². The van der Waals surface area contributed by atoms with Crippen LogP contribution < -0.4 is 5.06 Å². The molecule has 1 fully saturated rings. The second-order valence-corrected chi connectivity index (χ2v) is 5.92. The number of ether oxygens (including phenoxy) is 1. The van der Waals surface area contributed by atoms with Crippen molar-refractivity contribution in [2.24, 2.45) is 0 Å². The zero-order chi connectivity index (χ0) is 16.7. The van der Waals surface area contributed by atoms with E-state index in [1.807, 2.05) is 48.5 Å². The predicted molar refractivity (Wildman–Crippen MR) is 87.5 cm³/mol. The second kappa shape index (κ2) is 5.46. The highest BCUT2D eigenvalue weighted by Crippen LogP contribution is 2.52. The number of rotatable bonds is 3. The molecule has 2 heterocycles. The van der Waals surface area contributed by atoms with Gasteiger partial charge in [0, 0.05) is 12.0 Å². The molecular formula is C19H17NO4. The Morgan fingerprint density at radius 3 is 2.67 bits per heavy atom. The van der Waals surface area contributed by atoms with Crippen LogP contribution in [0.4, 0.5) is 5.69 Å². The summed E-state index contributed by atoms with van der Waals surface area (Å²) in [6, 6.07) is 16.8. The van der Waals surface area contributed by atoms with E-state index in [-0.39, 0.29) is 18.8 Å². The third-order valence-corrected chi connectivity index (χ3v) is 4.60. The van der Waals surface area contributed by atoms with Gasteiger partial charge in [-0.15, -0.1) is 0 Å². The molecule has 0 aromatic heterocycles. The molecule has 0 aliphatic carbocycles. The van der Waals surface area contributed by atoms with E-state index >= 15 is 0 Å². The topological polar surface area (TPSA) is 55.8 Å². The number of carbonyl (C=O) groups is 2. The van der Waals surface area contributed by atoms with Crippen LogP contribution in [0.1, 0.15) is 29.3 Å². The fourth-order valence-corrected chi connectivity index (χ4v) is 3.56. The zero-order valence-electron chi connectivity index (χ0n) is 13.3. The highest BCUT2D eigenvalue weighted by Gasteiger charge is 2.61. The van der Waals surface area contributed by atoms with E-state index in [1.54, 1.807) is 18.1 Å². The lowest BCUT2D eigenvalue weighted by molar-refractivity contribution is -0.154. The predicted octanol–water partition coefficient (Wildman–Crippen LogP) is 2.85. The van der Waals surface area contributed by atoms with E-state index < -0.39 is 17.6 Å². The van der Waals surface area contributed by atoms with Gasteiger partial charge in [-0.05, 0) is 24.6 Å². The lowest BCUT2D eigenvalue weighted by Crippen LogP contribution is -2.42. The summed E-state index contributed by atoms with van der Waals surface area (Å²) in [5.74, 6) is -0.483. The Morgan fingerprint density at radius 2 is 1.92 bits per heavy atom. The van der Waals surface area contributed by atoms with E-state index in [0.717, 1.165) is 5.56 Å². The van der Waals surface area contributed by atoms with E-state index in [2.05, 4.69) is 0 Å². The summed E-state index contributed by atoms with van der Waals surface area (Å²) in [5, 5.41) is 1.60. The summed E-state index contributed by atoms with van der Waals surface area (Å²) in [6.45, 7) is 2.03. The molecule has 0 saturated carbocycles. The molecule has 0 bridgehead atoms. The van der Waals surface area contributed by atoms with Crippen molar-refractivity contribution in [2.45, 2.75) is 25.0 Å². The summed E-state index contributed by atoms with van der Waals surface area (Å²) in [7, 11) is 0. The minimum Gasteiger partial charge on any atom is -0.464 e. The van der Waals surface area contributed by atoms with Gasteiger partial charge in [-0.3, -0.25) is 9.63 Å². The molecule has 122 valence electrons. The first-order valence-electron chi connectivity index (χ1n) is 8.01. The van der Waals surface area contributed by atoms with Crippen LogP contribution in [0, 0.1) is 0 Å². The molecule has 0 N–H and O–H groups in total. The Bertz CT molecular complexity index is 804. The quantitative estimate of drug-likeness (QED) is 0.813. The number of hydroxylamine groups is 1. The first-order chi connectivity index (χ1) is 11.7. The molecule has 1 unspecified atom stereocenters. The minimum absolute atomic E-state index is 0.0453. The van der Waals surface area contributed by atoms with Crippen LogP contribution >= 0.6 is 0 Å². The van der Waals surface area contributed by atoms with Crippen molar-refractivity contribution in [3.8, 4) is 0 Å². The Morgan fingerprint density at radius 1 is 1.21 bits per heavy atom. The van der Waals surface area contributed by atoms with Crippen molar-refractivity contribution < 1.29 is 19.2 Å². The Balaban J connectivity index is 1.84. The molecule has 2 atom stereocenters. The third-order valence-electron chi connectivity index (χ3n) is 4.60. The van der Waals surface area contributed by atoms with Crippen molar-refractivity contribution in [3.63, 3.8) is 0 Å². The summed E-state index contributed by atoms with van der Waals surface area (Å²) in [6.07, 6.45) is -0.550. The molecule has 2 aliphatic rings. The average molecular weight is 323 g/mol. The molecule has 2 aromatic carbocycles. The Hall–Kier alpha value is -2.66. The van der Waals surface area contributed by atoms with Crippen LogP contribution in [0.5, 0.6) is 0 Å². The van der Waals surface area contributed by atoms with Crippen molar-refractivity contribution >= 4 is 17.4 Å². The number of hydrogen-bond acceptors (Lipinski definition) is 5. The van der Waals surface area contributed by atoms with Crippen LogP contribution in [0.2, 0.25) is 0 Å². The third kappa shape index (κ3) is 1.91. The lowest BCUT2D eigenvalue weighted by atomic mass is 9.82. The van der Waals surface area contributed by atoms with E-state index in [0.29, 0.717) is 11.3 Å². The first kappa shape index (κ1) is 14.9. The summed E-state index contributed by atoms with van der Waals surface area (Å²) < 4.78 is 5.09. The number of benzene rings is 2. The number of carbonyl (C=O) groups excluding carboxylic acids is 2. The van der Waals surface area contributed by atoms with Gasteiger partial charge in [-0.1, -0.05) is 42.5 Å². The molecule has 2 aliphatic heterocycles. The molecule has 1 saturated heterocycles. The van der Waals surface area contributed by atoms with Crippen molar-refractivity contribution in [3.05, 3.63) is 65.7 Å². The molecule has 5 nitrogen and oxygen atoms in total. The van der Waals surface area contributed by atoms with Gasteiger partial charge in [0.2, 0.25) is 0 Å². The summed E-state index contributed by atoms with van der Waals surface area (Å²) in [5.41, 5.74) is 1.11. The van der Waals surface area contributed by atoms with Gasteiger partial charge in [-0.2, -0.15) is 0 Å². The molecule has 5 heteroatoms. The highest BCUT2D eigenvalue weighted by atomic mass is 16.7. The number of Topliss-reactive ketones (excluding diaryl/α,β-unsaturated/α-hetero) is 1. The van der Waals surface area contributed by atoms with E-state index in [9.17, 15) is 9.59 Å². The molecule has 2 aromatic rings. The summed E-state index contributed by atoms with van der Waals surface area (Å²) >= 11 is 0. The summed E-state index contributed by atoms with van der Waals surface area (Å²) in [4.78, 5) is 31.3. The Labute approximate surface area is 139 Å². The number of nitrogens with zero attached hydrogens (tertiary/aromatic N) is 1. The zero-order valence-corrected chi connectivity index (χ0v) is 13.3. The van der Waals surface area contributed by atoms with Gasteiger partial charge in [-0.25, -0.2) is 9.86 Å². The fourth-order valence-electron chi connectivity index (χ4n) is 3.56. The van der Waals surface area contributed by atoms with Gasteiger partial charge in [0.25, 0.3) is 0 Å². The van der Waals surface area contributed by atoms with Gasteiger partial charge in [0.1, 0.15) is 0 Å². The number of ketones is 1. The molecule has 4 rings (SSSR count). The van der Waals surface area contributed by atoms with Crippen molar-refractivity contribution in [2.75, 3.05) is 11.7 Å². The van der Waals surface area contributed by atoms with E-state index in [1.165, 1.54) is 0 Å². The molecular weight excluding hydrogens is 306 g/mol. The number of anilines is 1. The molecule has 24 heavy (non-hydrogen) atoms. The van der Waals surface area contributed by atoms with Crippen LogP contribution in [-0.2, 0) is 19.9 Å². The fraction of sp³-hybridized carbons (Fsp3) is 0.263. The van der Waals surface area contributed by atoms with Crippen molar-refractivity contribution in [1.29, 1.82) is 0 Å². The van der Waals surface area contributed by atoms with Gasteiger partial charge in [0.15, 0.2) is 17.4 Å². The number of fused-ring (bicyclic) bond motifs is 3. The van der Waals surface area contributed by atoms with Crippen LogP contribution in [0.25, 0.3) is 0 Å². The highest BCUT2D eigenvalue weighted by molar-refractivity contribution is 6.14. The van der Waals surface area contributed by atoms with Gasteiger partial charge in [0.05, 0.1) is 12.3 Å². The maximum atomic E-state index is 13.3. The second-order valence-electron chi connectivity index (χ2n) is 5.92. The maximum Gasteiger partial charge on any atom is 0.338 e. The maximum absolute atomic E-state index is 13.3. The standard InChI is InChI=1S/C19H17NO4/c1-2-23-18(22)16-12-19(13-8-4-3-5-9-13)17(21)14-10-6-7-11-15(14)20(19)24-16/h3-11,16H,2,12H2,1H3/t16?,19-/m0/s1. The van der Waals surface area contributed by atoms with Gasteiger partial charge >= 0.3 is 5.97 Å². The van der Waals surface area contributed by atoms with Gasteiger partial charge < -0.3 is 4.74 Å².